The van der Waals surface area contributed by atoms with Crippen molar-refractivity contribution in [3.63, 3.8) is 0 Å². The molecule has 1 aromatic carbocycles. The van der Waals surface area contributed by atoms with Gasteiger partial charge in [-0.25, -0.2) is 0 Å². The normalized spacial score (nSPS) is 11.0. The van der Waals surface area contributed by atoms with E-state index in [2.05, 4.69) is 32.2 Å². The molecule has 3 rings (SSSR count). The van der Waals surface area contributed by atoms with E-state index in [1.807, 2.05) is 50.5 Å². The third-order valence-electron chi connectivity index (χ3n) is 3.20. The highest BCUT2D eigenvalue weighted by atomic mass is 16.4. The summed E-state index contributed by atoms with van der Waals surface area (Å²) in [6.45, 7) is 0. The first-order valence-corrected chi connectivity index (χ1v) is 6.92. The number of hydrogen-bond donors (Lipinski definition) is 0. The fraction of sp³-hybridized carbons (Fsp3) is 0.118. The zero-order valence-corrected chi connectivity index (χ0v) is 12.5. The Morgan fingerprint density at radius 1 is 0.909 bits per heavy atom. The molecule has 5 nitrogen and oxygen atoms in total. The summed E-state index contributed by atoms with van der Waals surface area (Å²) in [5.41, 5.74) is 3.10. The van der Waals surface area contributed by atoms with Crippen LogP contribution in [0, 0.1) is 0 Å². The van der Waals surface area contributed by atoms with Crippen LogP contribution in [-0.2, 0) is 0 Å². The number of rotatable bonds is 4. The van der Waals surface area contributed by atoms with E-state index in [0.29, 0.717) is 11.8 Å². The third-order valence-corrected chi connectivity index (χ3v) is 3.20. The second-order valence-corrected chi connectivity index (χ2v) is 5.00. The molecule has 0 unspecified atom stereocenters. The molecule has 2 aromatic heterocycles. The van der Waals surface area contributed by atoms with Crippen molar-refractivity contribution in [3.8, 4) is 11.5 Å². The Kier molecular flexibility index (Phi) is 3.96. The second-order valence-electron chi connectivity index (χ2n) is 5.00. The van der Waals surface area contributed by atoms with Gasteiger partial charge < -0.3 is 9.32 Å². The molecule has 0 radical (unpaired) electrons. The molecule has 0 atom stereocenters. The summed E-state index contributed by atoms with van der Waals surface area (Å²) in [7, 11) is 4.04. The smallest absolute Gasteiger partial charge is 0.248 e. The number of pyridine rings is 1. The molecule has 0 N–H and O–H groups in total. The Bertz CT molecular complexity index is 761. The summed E-state index contributed by atoms with van der Waals surface area (Å²) >= 11 is 0. The van der Waals surface area contributed by atoms with Crippen LogP contribution in [0.1, 0.15) is 11.5 Å². The number of benzene rings is 1. The Balaban J connectivity index is 1.74. The molecule has 0 fully saturated rings. The Morgan fingerprint density at radius 3 is 2.32 bits per heavy atom. The maximum atomic E-state index is 5.61. The second kappa shape index (κ2) is 6.22. The van der Waals surface area contributed by atoms with E-state index in [1.54, 1.807) is 12.4 Å². The summed E-state index contributed by atoms with van der Waals surface area (Å²) < 4.78 is 5.61. The van der Waals surface area contributed by atoms with Crippen molar-refractivity contribution in [2.45, 2.75) is 0 Å². The molecule has 0 spiro atoms. The largest absolute Gasteiger partial charge is 0.417 e. The van der Waals surface area contributed by atoms with Crippen LogP contribution < -0.4 is 4.90 Å². The van der Waals surface area contributed by atoms with Gasteiger partial charge in [0.2, 0.25) is 11.8 Å². The lowest BCUT2D eigenvalue weighted by molar-refractivity contribution is 0.558. The predicted molar refractivity (Wildman–Crippen MR) is 87.2 cm³/mol. The highest BCUT2D eigenvalue weighted by Gasteiger charge is 2.05. The number of anilines is 1. The van der Waals surface area contributed by atoms with E-state index in [0.717, 1.165) is 16.8 Å². The first-order valence-electron chi connectivity index (χ1n) is 6.92. The van der Waals surface area contributed by atoms with Gasteiger partial charge in [0.15, 0.2) is 0 Å². The molecule has 0 aliphatic rings. The molecular weight excluding hydrogens is 276 g/mol. The van der Waals surface area contributed by atoms with Crippen molar-refractivity contribution in [3.05, 3.63) is 60.2 Å². The highest BCUT2D eigenvalue weighted by Crippen LogP contribution is 2.18. The molecule has 0 bridgehead atoms. The molecule has 22 heavy (non-hydrogen) atoms. The molecule has 2 heterocycles. The third kappa shape index (κ3) is 3.20. The fourth-order valence-electron chi connectivity index (χ4n) is 1.96. The monoisotopic (exact) mass is 292 g/mol. The minimum atomic E-state index is 0.475. The van der Waals surface area contributed by atoms with E-state index >= 15 is 0 Å². The maximum absolute atomic E-state index is 5.61. The SMILES string of the molecule is CN(C)c1ccc(/C=C/c2nnc(-c3ccncc3)o2)cc1. The van der Waals surface area contributed by atoms with Gasteiger partial charge >= 0.3 is 0 Å². The maximum Gasteiger partial charge on any atom is 0.248 e. The van der Waals surface area contributed by atoms with Gasteiger partial charge in [0.1, 0.15) is 0 Å². The van der Waals surface area contributed by atoms with Gasteiger partial charge in [-0.15, -0.1) is 10.2 Å². The molecule has 0 aliphatic heterocycles. The minimum Gasteiger partial charge on any atom is -0.417 e. The minimum absolute atomic E-state index is 0.475. The lowest BCUT2D eigenvalue weighted by atomic mass is 10.2. The van der Waals surface area contributed by atoms with E-state index in [9.17, 15) is 0 Å². The van der Waals surface area contributed by atoms with Crippen molar-refractivity contribution in [1.29, 1.82) is 0 Å². The van der Waals surface area contributed by atoms with Crippen LogP contribution in [-0.4, -0.2) is 29.3 Å². The van der Waals surface area contributed by atoms with Crippen molar-refractivity contribution < 1.29 is 4.42 Å². The van der Waals surface area contributed by atoms with Gasteiger partial charge in [-0.05, 0) is 35.9 Å². The summed E-state index contributed by atoms with van der Waals surface area (Å²) in [4.78, 5) is 6.03. The average Bonchev–Trinajstić information content (AvgIpc) is 3.03. The van der Waals surface area contributed by atoms with Gasteiger partial charge in [0, 0.05) is 43.8 Å². The molecular formula is C17H16N4O. The predicted octanol–water partition coefficient (Wildman–Crippen LogP) is 3.37. The molecule has 0 saturated carbocycles. The number of nitrogens with zero attached hydrogens (tertiary/aromatic N) is 4. The first-order chi connectivity index (χ1) is 10.7. The van der Waals surface area contributed by atoms with Gasteiger partial charge in [-0.2, -0.15) is 0 Å². The van der Waals surface area contributed by atoms with E-state index in [1.165, 1.54) is 0 Å². The molecule has 5 heteroatoms. The van der Waals surface area contributed by atoms with Crippen molar-refractivity contribution >= 4 is 17.8 Å². The average molecular weight is 292 g/mol. The Morgan fingerprint density at radius 2 is 1.64 bits per heavy atom. The van der Waals surface area contributed by atoms with E-state index in [-0.39, 0.29) is 0 Å². The zero-order valence-electron chi connectivity index (χ0n) is 12.5. The van der Waals surface area contributed by atoms with Crippen LogP contribution in [0.4, 0.5) is 5.69 Å². The van der Waals surface area contributed by atoms with Crippen LogP contribution in [0.5, 0.6) is 0 Å². The van der Waals surface area contributed by atoms with Crippen LogP contribution in [0.15, 0.2) is 53.2 Å². The summed E-state index contributed by atoms with van der Waals surface area (Å²) in [6, 6.07) is 11.9. The molecule has 0 amide bonds. The van der Waals surface area contributed by atoms with Gasteiger partial charge in [0.25, 0.3) is 0 Å². The summed E-state index contributed by atoms with van der Waals surface area (Å²) in [5.74, 6) is 0.966. The summed E-state index contributed by atoms with van der Waals surface area (Å²) in [6.07, 6.45) is 7.15. The topological polar surface area (TPSA) is 55.1 Å². The first kappa shape index (κ1) is 14.0. The molecule has 110 valence electrons. The van der Waals surface area contributed by atoms with Gasteiger partial charge in [0.05, 0.1) is 0 Å². The van der Waals surface area contributed by atoms with Crippen molar-refractivity contribution in [1.82, 2.24) is 15.2 Å². The van der Waals surface area contributed by atoms with Crippen molar-refractivity contribution in [2.24, 2.45) is 0 Å². The van der Waals surface area contributed by atoms with Crippen molar-refractivity contribution in [2.75, 3.05) is 19.0 Å². The number of hydrogen-bond acceptors (Lipinski definition) is 5. The van der Waals surface area contributed by atoms with E-state index < -0.39 is 0 Å². The van der Waals surface area contributed by atoms with Crippen LogP contribution in [0.3, 0.4) is 0 Å². The van der Waals surface area contributed by atoms with Gasteiger partial charge in [-0.3, -0.25) is 4.98 Å². The molecule has 0 aliphatic carbocycles. The van der Waals surface area contributed by atoms with E-state index in [4.69, 9.17) is 4.42 Å². The molecule has 3 aromatic rings. The lowest BCUT2D eigenvalue weighted by Gasteiger charge is -2.11. The fourth-order valence-corrected chi connectivity index (χ4v) is 1.96. The number of aromatic nitrogens is 3. The Labute approximate surface area is 128 Å². The molecule has 0 saturated heterocycles. The van der Waals surface area contributed by atoms with Crippen LogP contribution in [0.2, 0.25) is 0 Å². The summed E-state index contributed by atoms with van der Waals surface area (Å²) in [5, 5.41) is 8.05. The highest BCUT2D eigenvalue weighted by molar-refractivity contribution is 5.67. The lowest BCUT2D eigenvalue weighted by Crippen LogP contribution is -2.07. The zero-order chi connectivity index (χ0) is 15.4. The van der Waals surface area contributed by atoms with Crippen LogP contribution in [0.25, 0.3) is 23.6 Å². The van der Waals surface area contributed by atoms with Gasteiger partial charge in [-0.1, -0.05) is 12.1 Å². The Hall–Kier alpha value is -2.95. The standard InChI is InChI=1S/C17H16N4O/c1-21(2)15-6-3-13(4-7-15)5-8-16-19-20-17(22-16)14-9-11-18-12-10-14/h3-12H,1-2H3/b8-5+. The van der Waals surface area contributed by atoms with Crippen LogP contribution >= 0.6 is 0 Å². The quantitative estimate of drug-likeness (QED) is 0.738.